The van der Waals surface area contributed by atoms with E-state index in [0.29, 0.717) is 11.1 Å². The van der Waals surface area contributed by atoms with Gasteiger partial charge in [-0.05, 0) is 25.0 Å². The summed E-state index contributed by atoms with van der Waals surface area (Å²) in [6, 6.07) is 16.6. The van der Waals surface area contributed by atoms with Crippen molar-refractivity contribution in [3.63, 3.8) is 0 Å². The first-order chi connectivity index (χ1) is 13.2. The van der Waals surface area contributed by atoms with Gasteiger partial charge in [0, 0.05) is 6.04 Å². The maximum absolute atomic E-state index is 13.6. The van der Waals surface area contributed by atoms with Crippen molar-refractivity contribution in [3.05, 3.63) is 71.8 Å². The van der Waals surface area contributed by atoms with Gasteiger partial charge in [0.15, 0.2) is 5.54 Å². The van der Waals surface area contributed by atoms with Crippen molar-refractivity contribution in [1.82, 2.24) is 9.80 Å². The molecule has 2 aromatic carbocycles. The summed E-state index contributed by atoms with van der Waals surface area (Å²) in [5.41, 5.74) is -0.315. The zero-order valence-corrected chi connectivity index (χ0v) is 16.3. The van der Waals surface area contributed by atoms with Gasteiger partial charge in [0.05, 0.1) is 0 Å². The Balaban J connectivity index is 2.22. The average molecular weight is 404 g/mol. The molecule has 1 heterocycles. The SMILES string of the molecule is CC(C)N1C(=O)N(COP(=O)(O)O)C(=O)C1(c1ccccc1)c1ccccc1. The highest BCUT2D eigenvalue weighted by atomic mass is 31.2. The molecule has 1 aliphatic heterocycles. The van der Waals surface area contributed by atoms with Gasteiger partial charge in [0.2, 0.25) is 0 Å². The largest absolute Gasteiger partial charge is 0.471 e. The van der Waals surface area contributed by atoms with Gasteiger partial charge in [-0.2, -0.15) is 0 Å². The molecular formula is C19H21N2O6P. The molecule has 8 nitrogen and oxygen atoms in total. The molecule has 0 spiro atoms. The topological polar surface area (TPSA) is 107 Å². The van der Waals surface area contributed by atoms with Crippen LogP contribution < -0.4 is 0 Å². The van der Waals surface area contributed by atoms with Gasteiger partial charge < -0.3 is 9.79 Å². The fourth-order valence-electron chi connectivity index (χ4n) is 3.56. The molecule has 1 aliphatic rings. The lowest BCUT2D eigenvalue weighted by atomic mass is 9.80. The second-order valence-corrected chi connectivity index (χ2v) is 7.91. The Labute approximate surface area is 162 Å². The molecule has 3 rings (SSSR count). The number of amides is 3. The Morgan fingerprint density at radius 3 is 1.82 bits per heavy atom. The summed E-state index contributed by atoms with van der Waals surface area (Å²) >= 11 is 0. The van der Waals surface area contributed by atoms with Crippen LogP contribution in [0.5, 0.6) is 0 Å². The standard InChI is InChI=1S/C19H21N2O6P/c1-14(2)21-18(23)20(13-27-28(24,25)26)17(22)19(21,15-9-5-3-6-10-15)16-11-7-4-8-12-16/h3-12,14H,13H2,1-2H3,(H2,24,25,26). The minimum atomic E-state index is -4.87. The highest BCUT2D eigenvalue weighted by molar-refractivity contribution is 7.46. The Bertz CT molecular complexity index is 873. The second kappa shape index (κ2) is 7.48. The molecule has 0 atom stereocenters. The lowest BCUT2D eigenvalue weighted by Crippen LogP contribution is -2.50. The number of phosphoric ester groups is 1. The summed E-state index contributed by atoms with van der Waals surface area (Å²) < 4.78 is 15.6. The van der Waals surface area contributed by atoms with Crippen LogP contribution in [0.3, 0.4) is 0 Å². The van der Waals surface area contributed by atoms with Gasteiger partial charge >= 0.3 is 13.9 Å². The fourth-order valence-corrected chi connectivity index (χ4v) is 3.83. The number of carbonyl (C=O) groups excluding carboxylic acids is 2. The van der Waals surface area contributed by atoms with Crippen LogP contribution in [0.15, 0.2) is 60.7 Å². The van der Waals surface area contributed by atoms with Crippen LogP contribution >= 0.6 is 7.82 Å². The van der Waals surface area contributed by atoms with Crippen molar-refractivity contribution >= 4 is 19.8 Å². The number of hydrogen-bond acceptors (Lipinski definition) is 4. The minimum absolute atomic E-state index is 0.378. The molecule has 0 bridgehead atoms. The van der Waals surface area contributed by atoms with Crippen LogP contribution in [0.1, 0.15) is 25.0 Å². The zero-order valence-electron chi connectivity index (χ0n) is 15.4. The van der Waals surface area contributed by atoms with Crippen molar-refractivity contribution in [2.75, 3.05) is 6.73 Å². The first-order valence-electron chi connectivity index (χ1n) is 8.66. The van der Waals surface area contributed by atoms with E-state index in [9.17, 15) is 14.2 Å². The van der Waals surface area contributed by atoms with E-state index in [-0.39, 0.29) is 6.04 Å². The number of imide groups is 1. The van der Waals surface area contributed by atoms with Crippen LogP contribution in [0.4, 0.5) is 4.79 Å². The van der Waals surface area contributed by atoms with Crippen LogP contribution in [0.2, 0.25) is 0 Å². The first kappa shape index (κ1) is 20.2. The zero-order chi connectivity index (χ0) is 20.5. The predicted molar refractivity (Wildman–Crippen MR) is 101 cm³/mol. The van der Waals surface area contributed by atoms with E-state index in [4.69, 9.17) is 9.79 Å². The summed E-state index contributed by atoms with van der Waals surface area (Å²) in [5, 5.41) is 0. The second-order valence-electron chi connectivity index (χ2n) is 6.67. The first-order valence-corrected chi connectivity index (χ1v) is 10.2. The van der Waals surface area contributed by atoms with E-state index in [1.807, 2.05) is 0 Å². The molecule has 9 heteroatoms. The molecule has 0 unspecified atom stereocenters. The van der Waals surface area contributed by atoms with Crippen molar-refractivity contribution < 1.29 is 28.5 Å². The summed E-state index contributed by atoms with van der Waals surface area (Å²) in [6.07, 6.45) is 0. The molecule has 148 valence electrons. The molecule has 1 fully saturated rings. The summed E-state index contributed by atoms with van der Waals surface area (Å²) in [7, 11) is -4.87. The molecular weight excluding hydrogens is 383 g/mol. The van der Waals surface area contributed by atoms with E-state index < -0.39 is 32.0 Å². The number of phosphoric acid groups is 1. The highest BCUT2D eigenvalue weighted by Gasteiger charge is 2.60. The van der Waals surface area contributed by atoms with Gasteiger partial charge in [-0.15, -0.1) is 0 Å². The van der Waals surface area contributed by atoms with Crippen molar-refractivity contribution in [2.24, 2.45) is 0 Å². The maximum Gasteiger partial charge on any atom is 0.471 e. The molecule has 3 amide bonds. The van der Waals surface area contributed by atoms with E-state index in [2.05, 4.69) is 4.52 Å². The molecule has 0 aliphatic carbocycles. The molecule has 2 aromatic rings. The normalized spacial score (nSPS) is 16.9. The summed E-state index contributed by atoms with van der Waals surface area (Å²) in [6.45, 7) is 2.71. The number of nitrogens with zero attached hydrogens (tertiary/aromatic N) is 2. The van der Waals surface area contributed by atoms with Crippen LogP contribution in [-0.2, 0) is 19.4 Å². The minimum Gasteiger partial charge on any atom is -0.303 e. The number of carbonyl (C=O) groups is 2. The van der Waals surface area contributed by atoms with E-state index in [0.717, 1.165) is 4.90 Å². The Morgan fingerprint density at radius 2 is 1.43 bits per heavy atom. The Morgan fingerprint density at radius 1 is 0.964 bits per heavy atom. The molecule has 2 N–H and O–H groups in total. The Hall–Kier alpha value is -2.51. The summed E-state index contributed by atoms with van der Waals surface area (Å²) in [5.74, 6) is -0.628. The fraction of sp³-hybridized carbons (Fsp3) is 0.263. The van der Waals surface area contributed by atoms with Gasteiger partial charge in [-0.1, -0.05) is 60.7 Å². The lowest BCUT2D eigenvalue weighted by molar-refractivity contribution is -0.134. The smallest absolute Gasteiger partial charge is 0.303 e. The van der Waals surface area contributed by atoms with Crippen LogP contribution in [-0.4, -0.2) is 44.3 Å². The average Bonchev–Trinajstić information content (AvgIpc) is 2.88. The van der Waals surface area contributed by atoms with E-state index in [1.54, 1.807) is 74.5 Å². The third kappa shape index (κ3) is 3.36. The number of urea groups is 1. The number of rotatable bonds is 6. The highest BCUT2D eigenvalue weighted by Crippen LogP contribution is 2.45. The van der Waals surface area contributed by atoms with E-state index in [1.165, 1.54) is 4.90 Å². The monoisotopic (exact) mass is 404 g/mol. The van der Waals surface area contributed by atoms with Crippen LogP contribution in [0, 0.1) is 0 Å². The third-order valence-corrected chi connectivity index (χ3v) is 5.06. The molecule has 28 heavy (non-hydrogen) atoms. The molecule has 1 saturated heterocycles. The maximum atomic E-state index is 13.6. The van der Waals surface area contributed by atoms with Crippen molar-refractivity contribution in [3.8, 4) is 0 Å². The molecule has 0 radical (unpaired) electrons. The lowest BCUT2D eigenvalue weighted by Gasteiger charge is -2.38. The van der Waals surface area contributed by atoms with Gasteiger partial charge in [-0.3, -0.25) is 14.2 Å². The van der Waals surface area contributed by atoms with Crippen molar-refractivity contribution in [2.45, 2.75) is 25.4 Å². The predicted octanol–water partition coefficient (Wildman–Crippen LogP) is 2.67. The summed E-state index contributed by atoms with van der Waals surface area (Å²) in [4.78, 5) is 46.9. The molecule has 0 aromatic heterocycles. The van der Waals surface area contributed by atoms with E-state index >= 15 is 0 Å². The van der Waals surface area contributed by atoms with Gasteiger partial charge in [-0.25, -0.2) is 14.3 Å². The number of benzene rings is 2. The van der Waals surface area contributed by atoms with Gasteiger partial charge in [0.1, 0.15) is 6.73 Å². The Kier molecular flexibility index (Phi) is 5.41. The third-order valence-electron chi connectivity index (χ3n) is 4.61. The van der Waals surface area contributed by atoms with Gasteiger partial charge in [0.25, 0.3) is 5.91 Å². The van der Waals surface area contributed by atoms with Crippen molar-refractivity contribution in [1.29, 1.82) is 0 Å². The van der Waals surface area contributed by atoms with Crippen LogP contribution in [0.25, 0.3) is 0 Å². The number of hydrogen-bond donors (Lipinski definition) is 2. The molecule has 0 saturated carbocycles. The quantitative estimate of drug-likeness (QED) is 0.566.